The van der Waals surface area contributed by atoms with E-state index in [0.717, 1.165) is 12.8 Å². The fourth-order valence-electron chi connectivity index (χ4n) is 3.55. The van der Waals surface area contributed by atoms with E-state index in [-0.39, 0.29) is 6.61 Å². The predicted octanol–water partition coefficient (Wildman–Crippen LogP) is 5.81. The lowest BCUT2D eigenvalue weighted by Crippen LogP contribution is -2.29. The molecule has 0 bridgehead atoms. The normalized spacial score (nSPS) is 23.5. The second-order valence-electron chi connectivity index (χ2n) is 7.41. The minimum atomic E-state index is 0.160. The van der Waals surface area contributed by atoms with Crippen LogP contribution in [0.3, 0.4) is 0 Å². The van der Waals surface area contributed by atoms with Crippen LogP contribution in [0.4, 0.5) is 0 Å². The Morgan fingerprint density at radius 2 is 1.90 bits per heavy atom. The Morgan fingerprint density at radius 3 is 2.52 bits per heavy atom. The third-order valence-corrected chi connectivity index (χ3v) is 5.05. The fraction of sp³-hybridized carbons (Fsp3) is 0.700. The molecule has 1 heteroatoms. The lowest BCUT2D eigenvalue weighted by Gasteiger charge is -2.40. The molecule has 120 valence electrons. The molecule has 0 saturated heterocycles. The molecule has 1 nitrogen and oxygen atoms in total. The van der Waals surface area contributed by atoms with E-state index >= 15 is 0 Å². The summed E-state index contributed by atoms with van der Waals surface area (Å²) in [7, 11) is 0. The Morgan fingerprint density at radius 1 is 1.24 bits per heavy atom. The van der Waals surface area contributed by atoms with Crippen molar-refractivity contribution in [2.75, 3.05) is 6.61 Å². The highest BCUT2D eigenvalue weighted by molar-refractivity contribution is 5.11. The third-order valence-electron chi connectivity index (χ3n) is 5.05. The van der Waals surface area contributed by atoms with Crippen LogP contribution in [-0.2, 0) is 0 Å². The van der Waals surface area contributed by atoms with Crippen LogP contribution in [0.15, 0.2) is 35.5 Å². The van der Waals surface area contributed by atoms with Gasteiger partial charge in [0, 0.05) is 0 Å². The van der Waals surface area contributed by atoms with Crippen LogP contribution in [0, 0.1) is 11.3 Å². The highest BCUT2D eigenvalue weighted by atomic mass is 16.2. The zero-order valence-corrected chi connectivity index (χ0v) is 14.5. The Balaban J connectivity index is 2.42. The maximum atomic E-state index is 8.85. The zero-order valence-electron chi connectivity index (χ0n) is 14.5. The van der Waals surface area contributed by atoms with E-state index in [1.54, 1.807) is 0 Å². The molecule has 1 rings (SSSR count). The average molecular weight is 290 g/mol. The highest BCUT2D eigenvalue weighted by Crippen LogP contribution is 2.45. The summed E-state index contributed by atoms with van der Waals surface area (Å²) in [4.78, 5) is 0. The molecule has 1 fully saturated rings. The van der Waals surface area contributed by atoms with E-state index in [1.165, 1.54) is 48.8 Å². The van der Waals surface area contributed by atoms with E-state index in [0.29, 0.717) is 11.3 Å². The molecule has 1 aliphatic carbocycles. The number of allylic oxidation sites excluding steroid dienone is 4. The lowest BCUT2D eigenvalue weighted by atomic mass is 9.65. The molecule has 0 aromatic carbocycles. The van der Waals surface area contributed by atoms with E-state index < -0.39 is 0 Å². The van der Waals surface area contributed by atoms with Gasteiger partial charge in [0.1, 0.15) is 0 Å². The predicted molar refractivity (Wildman–Crippen MR) is 93.3 cm³/mol. The van der Waals surface area contributed by atoms with Gasteiger partial charge in [0.25, 0.3) is 0 Å². The molecule has 0 unspecified atom stereocenters. The largest absolute Gasteiger partial charge is 0.392 e. The number of aliphatic hydroxyl groups is 1. The van der Waals surface area contributed by atoms with E-state index in [1.807, 2.05) is 6.08 Å². The Labute approximate surface area is 131 Å². The molecule has 1 aliphatic rings. The van der Waals surface area contributed by atoms with Crippen molar-refractivity contribution in [3.05, 3.63) is 35.5 Å². The lowest BCUT2D eigenvalue weighted by molar-refractivity contribution is 0.180. The molecule has 1 N–H and O–H groups in total. The number of hydrogen-bond acceptors (Lipinski definition) is 1. The van der Waals surface area contributed by atoms with Crippen LogP contribution < -0.4 is 0 Å². The maximum absolute atomic E-state index is 8.85. The van der Waals surface area contributed by atoms with Gasteiger partial charge in [0.15, 0.2) is 0 Å². The van der Waals surface area contributed by atoms with Crippen LogP contribution in [0.5, 0.6) is 0 Å². The summed E-state index contributed by atoms with van der Waals surface area (Å²) in [6.07, 6.45) is 12.7. The number of rotatable bonds is 7. The molecule has 0 radical (unpaired) electrons. The summed E-state index contributed by atoms with van der Waals surface area (Å²) >= 11 is 0. The molecule has 0 aromatic rings. The topological polar surface area (TPSA) is 20.2 Å². The van der Waals surface area contributed by atoms with Gasteiger partial charge in [0.2, 0.25) is 0 Å². The van der Waals surface area contributed by atoms with E-state index in [2.05, 4.69) is 40.3 Å². The smallest absolute Gasteiger partial charge is 0.0614 e. The van der Waals surface area contributed by atoms with Gasteiger partial charge < -0.3 is 5.11 Å². The van der Waals surface area contributed by atoms with Crippen molar-refractivity contribution < 1.29 is 5.11 Å². The molecule has 0 heterocycles. The van der Waals surface area contributed by atoms with Crippen molar-refractivity contribution in [3.63, 3.8) is 0 Å². The van der Waals surface area contributed by atoms with Crippen molar-refractivity contribution in [1.82, 2.24) is 0 Å². The molecule has 21 heavy (non-hydrogen) atoms. The van der Waals surface area contributed by atoms with Gasteiger partial charge in [-0.1, -0.05) is 49.3 Å². The van der Waals surface area contributed by atoms with Crippen molar-refractivity contribution >= 4 is 0 Å². The first-order chi connectivity index (χ1) is 9.86. The molecule has 1 saturated carbocycles. The first-order valence-electron chi connectivity index (χ1n) is 8.46. The molecule has 0 aromatic heterocycles. The molecular weight excluding hydrogens is 256 g/mol. The van der Waals surface area contributed by atoms with Gasteiger partial charge in [-0.05, 0) is 70.1 Å². The number of hydrogen-bond donors (Lipinski definition) is 1. The van der Waals surface area contributed by atoms with Crippen molar-refractivity contribution in [1.29, 1.82) is 0 Å². The Bertz CT molecular complexity index is 398. The molecule has 0 amide bonds. The van der Waals surface area contributed by atoms with Crippen molar-refractivity contribution in [2.45, 2.75) is 72.6 Å². The highest BCUT2D eigenvalue weighted by Gasteiger charge is 2.33. The van der Waals surface area contributed by atoms with E-state index in [4.69, 9.17) is 5.11 Å². The van der Waals surface area contributed by atoms with Crippen LogP contribution in [0.1, 0.15) is 72.6 Å². The van der Waals surface area contributed by atoms with Gasteiger partial charge in [0.05, 0.1) is 6.61 Å². The SMILES string of the molecule is C=C1CCCC(C)(C)[C@@H]1CC/C(C)=C\CC/C(C)=C/CO. The van der Waals surface area contributed by atoms with Gasteiger partial charge in [-0.3, -0.25) is 0 Å². The zero-order chi connectivity index (χ0) is 15.9. The summed E-state index contributed by atoms with van der Waals surface area (Å²) in [5.41, 5.74) is 4.68. The summed E-state index contributed by atoms with van der Waals surface area (Å²) in [5, 5.41) is 8.85. The van der Waals surface area contributed by atoms with Crippen LogP contribution >= 0.6 is 0 Å². The van der Waals surface area contributed by atoms with Crippen LogP contribution in [0.2, 0.25) is 0 Å². The minimum Gasteiger partial charge on any atom is -0.392 e. The summed E-state index contributed by atoms with van der Waals surface area (Å²) < 4.78 is 0. The van der Waals surface area contributed by atoms with Crippen molar-refractivity contribution in [2.24, 2.45) is 11.3 Å². The summed E-state index contributed by atoms with van der Waals surface area (Å²) in [5.74, 6) is 0.686. The van der Waals surface area contributed by atoms with Gasteiger partial charge in [-0.2, -0.15) is 0 Å². The second kappa shape index (κ2) is 8.58. The Hall–Kier alpha value is -0.820. The first-order valence-corrected chi connectivity index (χ1v) is 8.46. The van der Waals surface area contributed by atoms with Crippen LogP contribution in [0.25, 0.3) is 0 Å². The Kier molecular flexibility index (Phi) is 7.45. The van der Waals surface area contributed by atoms with Gasteiger partial charge >= 0.3 is 0 Å². The average Bonchev–Trinajstić information content (AvgIpc) is 2.37. The molecular formula is C20H34O. The maximum Gasteiger partial charge on any atom is 0.0614 e. The van der Waals surface area contributed by atoms with Crippen molar-refractivity contribution in [3.8, 4) is 0 Å². The van der Waals surface area contributed by atoms with Crippen LogP contribution in [-0.4, -0.2) is 11.7 Å². The molecule has 1 atom stereocenters. The monoisotopic (exact) mass is 290 g/mol. The molecule has 0 aliphatic heterocycles. The van der Waals surface area contributed by atoms with Gasteiger partial charge in [-0.25, -0.2) is 0 Å². The third kappa shape index (κ3) is 6.22. The quantitative estimate of drug-likeness (QED) is 0.586. The standard InChI is InChI=1S/C20H34O/c1-16(8-6-9-17(2)13-15-21)11-12-19-18(3)10-7-14-20(19,4)5/h8,13,19,21H,3,6-7,9-12,14-15H2,1-2,4-5H3/b16-8-,17-13+/t19-/m1/s1. The summed E-state index contributed by atoms with van der Waals surface area (Å²) in [6, 6.07) is 0. The minimum absolute atomic E-state index is 0.160. The number of aliphatic hydroxyl groups excluding tert-OH is 1. The van der Waals surface area contributed by atoms with E-state index in [9.17, 15) is 0 Å². The first kappa shape index (κ1) is 18.2. The fourth-order valence-corrected chi connectivity index (χ4v) is 3.55. The molecule has 0 spiro atoms. The summed E-state index contributed by atoms with van der Waals surface area (Å²) in [6.45, 7) is 13.6. The second-order valence-corrected chi connectivity index (χ2v) is 7.41. The van der Waals surface area contributed by atoms with Gasteiger partial charge in [-0.15, -0.1) is 0 Å².